The molecule has 0 aromatic heterocycles. The number of benzene rings is 1. The summed E-state index contributed by atoms with van der Waals surface area (Å²) in [7, 11) is 0. The lowest BCUT2D eigenvalue weighted by molar-refractivity contribution is -0.131. The van der Waals surface area contributed by atoms with Crippen molar-refractivity contribution in [3.63, 3.8) is 0 Å². The minimum atomic E-state index is -0.928. The first kappa shape index (κ1) is 16.9. The average Bonchev–Trinajstić information content (AvgIpc) is 2.38. The molecule has 1 fully saturated rings. The Balaban J connectivity index is 2.21. The van der Waals surface area contributed by atoms with E-state index in [1.54, 1.807) is 0 Å². The summed E-state index contributed by atoms with van der Waals surface area (Å²) in [5.41, 5.74) is -0.679. The largest absolute Gasteiger partial charge is 0.394 e. The molecule has 1 aliphatic rings. The van der Waals surface area contributed by atoms with Crippen LogP contribution in [0.25, 0.3) is 0 Å². The fourth-order valence-electron chi connectivity index (χ4n) is 3.10. The second-order valence-electron chi connectivity index (χ2n) is 6.54. The summed E-state index contributed by atoms with van der Waals surface area (Å²) in [6.45, 7) is 3.87. The van der Waals surface area contributed by atoms with Crippen molar-refractivity contribution in [1.29, 1.82) is 0 Å². The zero-order chi connectivity index (χ0) is 16.3. The van der Waals surface area contributed by atoms with Crippen molar-refractivity contribution >= 4 is 5.91 Å². The summed E-state index contributed by atoms with van der Waals surface area (Å²) in [5.74, 6) is -1.27. The van der Waals surface area contributed by atoms with Gasteiger partial charge in [0, 0.05) is 11.6 Å². The number of carbonyl (C=O) groups excluding carboxylic acids is 1. The molecule has 5 heteroatoms. The van der Waals surface area contributed by atoms with Crippen LogP contribution >= 0.6 is 0 Å². The number of aliphatic hydroxyl groups is 1. The second-order valence-corrected chi connectivity index (χ2v) is 6.54. The Labute approximate surface area is 129 Å². The molecule has 3 nitrogen and oxygen atoms in total. The normalized spacial score (nSPS) is 17.9. The number of hydrogen-bond donors (Lipinski definition) is 2. The summed E-state index contributed by atoms with van der Waals surface area (Å²) in [5, 5.41) is 12.2. The van der Waals surface area contributed by atoms with Gasteiger partial charge < -0.3 is 10.4 Å². The van der Waals surface area contributed by atoms with Crippen molar-refractivity contribution in [3.05, 3.63) is 35.4 Å². The topological polar surface area (TPSA) is 49.3 Å². The molecule has 0 heterocycles. The summed E-state index contributed by atoms with van der Waals surface area (Å²) >= 11 is 0. The summed E-state index contributed by atoms with van der Waals surface area (Å²) < 4.78 is 27.2. The first-order valence-electron chi connectivity index (χ1n) is 7.76. The average molecular weight is 311 g/mol. The predicted molar refractivity (Wildman–Crippen MR) is 80.4 cm³/mol. The van der Waals surface area contributed by atoms with E-state index in [0.29, 0.717) is 25.2 Å². The molecule has 1 saturated carbocycles. The van der Waals surface area contributed by atoms with E-state index in [4.69, 9.17) is 0 Å². The number of amides is 1. The van der Waals surface area contributed by atoms with E-state index >= 15 is 0 Å². The Morgan fingerprint density at radius 3 is 2.50 bits per heavy atom. The Kier molecular flexibility index (Phi) is 5.16. The number of nitrogens with one attached hydrogen (secondary N) is 1. The zero-order valence-electron chi connectivity index (χ0n) is 13.0. The smallest absolute Gasteiger partial charge is 0.231 e. The molecule has 0 radical (unpaired) electrons. The van der Waals surface area contributed by atoms with Gasteiger partial charge >= 0.3 is 0 Å². The Hall–Kier alpha value is -1.49. The van der Waals surface area contributed by atoms with Crippen molar-refractivity contribution in [2.75, 3.05) is 6.61 Å². The highest BCUT2D eigenvalue weighted by molar-refractivity contribution is 5.89. The summed E-state index contributed by atoms with van der Waals surface area (Å²) in [4.78, 5) is 12.7. The molecule has 122 valence electrons. The van der Waals surface area contributed by atoms with Crippen LogP contribution in [-0.2, 0) is 10.2 Å². The third-order valence-electron chi connectivity index (χ3n) is 4.40. The molecule has 2 N–H and O–H groups in total. The molecule has 22 heavy (non-hydrogen) atoms. The van der Waals surface area contributed by atoms with Crippen LogP contribution < -0.4 is 5.32 Å². The second kappa shape index (κ2) is 6.73. The molecule has 1 aromatic carbocycles. The van der Waals surface area contributed by atoms with Gasteiger partial charge in [0.25, 0.3) is 0 Å². The highest BCUT2D eigenvalue weighted by Gasteiger charge is 2.47. The van der Waals surface area contributed by atoms with Crippen LogP contribution in [-0.4, -0.2) is 23.7 Å². The van der Waals surface area contributed by atoms with Gasteiger partial charge in [-0.05, 0) is 31.2 Å². The number of hydrogen-bond acceptors (Lipinski definition) is 2. The SMILES string of the molecule is CC(C)CC(CO)NC(=O)C1(c2ccc(F)cc2F)CCC1. The quantitative estimate of drug-likeness (QED) is 0.848. The van der Waals surface area contributed by atoms with Gasteiger partial charge in [0.05, 0.1) is 18.1 Å². The van der Waals surface area contributed by atoms with E-state index in [2.05, 4.69) is 5.32 Å². The fraction of sp³-hybridized carbons (Fsp3) is 0.588. The maximum atomic E-state index is 14.1. The van der Waals surface area contributed by atoms with Crippen LogP contribution in [0.5, 0.6) is 0 Å². The van der Waals surface area contributed by atoms with Gasteiger partial charge in [-0.3, -0.25) is 4.79 Å². The molecule has 0 bridgehead atoms. The minimum Gasteiger partial charge on any atom is -0.394 e. The van der Waals surface area contributed by atoms with Gasteiger partial charge in [0.2, 0.25) is 5.91 Å². The molecule has 0 spiro atoms. The van der Waals surface area contributed by atoms with Gasteiger partial charge in [-0.25, -0.2) is 8.78 Å². The minimum absolute atomic E-state index is 0.147. The van der Waals surface area contributed by atoms with Crippen LogP contribution in [0.3, 0.4) is 0 Å². The van der Waals surface area contributed by atoms with Gasteiger partial charge in [-0.2, -0.15) is 0 Å². The third-order valence-corrected chi connectivity index (χ3v) is 4.40. The molecular weight excluding hydrogens is 288 g/mol. The lowest BCUT2D eigenvalue weighted by Crippen LogP contribution is -2.53. The molecule has 0 aliphatic heterocycles. The Morgan fingerprint density at radius 1 is 1.36 bits per heavy atom. The van der Waals surface area contributed by atoms with Crippen LogP contribution in [0.15, 0.2) is 18.2 Å². The molecule has 1 aliphatic carbocycles. The van der Waals surface area contributed by atoms with E-state index in [1.807, 2.05) is 13.8 Å². The van der Waals surface area contributed by atoms with Crippen LogP contribution in [0.2, 0.25) is 0 Å². The van der Waals surface area contributed by atoms with Crippen molar-refractivity contribution in [2.45, 2.75) is 51.0 Å². The standard InChI is InChI=1S/C17H23F2NO2/c1-11(2)8-13(10-21)20-16(22)17(6-3-7-17)14-5-4-12(18)9-15(14)19/h4-5,9,11,13,21H,3,6-8,10H2,1-2H3,(H,20,22). The maximum absolute atomic E-state index is 14.1. The van der Waals surface area contributed by atoms with E-state index in [9.17, 15) is 18.7 Å². The predicted octanol–water partition coefficient (Wildman–Crippen LogP) is 2.91. The lowest BCUT2D eigenvalue weighted by Gasteiger charge is -2.41. The van der Waals surface area contributed by atoms with Gasteiger partial charge in [-0.1, -0.05) is 26.3 Å². The van der Waals surface area contributed by atoms with E-state index in [-0.39, 0.29) is 24.1 Å². The summed E-state index contributed by atoms with van der Waals surface area (Å²) in [6.07, 6.45) is 2.57. The van der Waals surface area contributed by atoms with Crippen molar-refractivity contribution < 1.29 is 18.7 Å². The Bertz CT molecular complexity index is 541. The molecule has 1 atom stereocenters. The first-order valence-corrected chi connectivity index (χ1v) is 7.76. The van der Waals surface area contributed by atoms with Gasteiger partial charge in [0.1, 0.15) is 11.6 Å². The molecule has 1 amide bonds. The van der Waals surface area contributed by atoms with E-state index in [0.717, 1.165) is 12.5 Å². The lowest BCUT2D eigenvalue weighted by atomic mass is 9.63. The van der Waals surface area contributed by atoms with Crippen LogP contribution in [0, 0.1) is 17.6 Å². The van der Waals surface area contributed by atoms with E-state index < -0.39 is 17.0 Å². The van der Waals surface area contributed by atoms with Crippen molar-refractivity contribution in [3.8, 4) is 0 Å². The zero-order valence-corrected chi connectivity index (χ0v) is 13.0. The number of halogens is 2. The summed E-state index contributed by atoms with van der Waals surface area (Å²) in [6, 6.07) is 3.03. The highest BCUT2D eigenvalue weighted by atomic mass is 19.1. The third kappa shape index (κ3) is 3.29. The van der Waals surface area contributed by atoms with Crippen molar-refractivity contribution in [2.24, 2.45) is 5.92 Å². The molecular formula is C17H23F2NO2. The van der Waals surface area contributed by atoms with Crippen LogP contribution in [0.1, 0.15) is 45.1 Å². The Morgan fingerprint density at radius 2 is 2.05 bits per heavy atom. The molecule has 1 unspecified atom stereocenters. The number of aliphatic hydroxyl groups excluding tert-OH is 1. The van der Waals surface area contributed by atoms with E-state index in [1.165, 1.54) is 12.1 Å². The number of rotatable bonds is 6. The number of carbonyl (C=O) groups is 1. The fourth-order valence-corrected chi connectivity index (χ4v) is 3.10. The molecule has 0 saturated heterocycles. The first-order chi connectivity index (χ1) is 10.4. The molecule has 2 rings (SSSR count). The van der Waals surface area contributed by atoms with Crippen molar-refractivity contribution in [1.82, 2.24) is 5.32 Å². The van der Waals surface area contributed by atoms with Gasteiger partial charge in [0.15, 0.2) is 0 Å². The van der Waals surface area contributed by atoms with Crippen LogP contribution in [0.4, 0.5) is 8.78 Å². The highest BCUT2D eigenvalue weighted by Crippen LogP contribution is 2.45. The monoisotopic (exact) mass is 311 g/mol. The molecule has 1 aromatic rings. The van der Waals surface area contributed by atoms with Gasteiger partial charge in [-0.15, -0.1) is 0 Å². The maximum Gasteiger partial charge on any atom is 0.231 e.